The normalized spacial score (nSPS) is 20.6. The van der Waals surface area contributed by atoms with Crippen molar-refractivity contribution in [3.05, 3.63) is 39.9 Å². The van der Waals surface area contributed by atoms with Crippen LogP contribution in [-0.4, -0.2) is 5.11 Å². The Morgan fingerprint density at radius 2 is 2.17 bits per heavy atom. The molecule has 0 saturated carbocycles. The molecule has 1 aliphatic rings. The lowest BCUT2D eigenvalue weighted by Crippen LogP contribution is -1.90. The van der Waals surface area contributed by atoms with E-state index >= 15 is 0 Å². The zero-order valence-electron chi connectivity index (χ0n) is 6.71. The molecular formula is C10H9BrO. The summed E-state index contributed by atoms with van der Waals surface area (Å²) in [5, 5.41) is 9.58. The molecule has 0 heterocycles. The molecule has 0 bridgehead atoms. The van der Waals surface area contributed by atoms with Crippen molar-refractivity contribution in [2.75, 3.05) is 0 Å². The van der Waals surface area contributed by atoms with E-state index in [-0.39, 0.29) is 0 Å². The zero-order chi connectivity index (χ0) is 8.72. The first-order valence-corrected chi connectivity index (χ1v) is 4.64. The summed E-state index contributed by atoms with van der Waals surface area (Å²) in [7, 11) is 0. The van der Waals surface area contributed by atoms with Gasteiger partial charge in [0.05, 0.1) is 6.10 Å². The van der Waals surface area contributed by atoms with Crippen molar-refractivity contribution in [3.8, 4) is 0 Å². The summed E-state index contributed by atoms with van der Waals surface area (Å²) in [6.07, 6.45) is 1.45. The summed E-state index contributed by atoms with van der Waals surface area (Å²) in [4.78, 5) is 0. The molecule has 0 aliphatic heterocycles. The Morgan fingerprint density at radius 1 is 1.42 bits per heavy atom. The molecule has 12 heavy (non-hydrogen) atoms. The smallest absolute Gasteiger partial charge is 0.0983 e. The number of hydrogen-bond donors (Lipinski definition) is 1. The monoisotopic (exact) mass is 224 g/mol. The zero-order valence-corrected chi connectivity index (χ0v) is 8.30. The van der Waals surface area contributed by atoms with Crippen LogP contribution in [0, 0.1) is 0 Å². The number of hydrogen-bond acceptors (Lipinski definition) is 1. The average Bonchev–Trinajstić information content (AvgIpc) is 2.29. The van der Waals surface area contributed by atoms with Crippen molar-refractivity contribution in [2.24, 2.45) is 0 Å². The Balaban J connectivity index is 2.68. The van der Waals surface area contributed by atoms with Gasteiger partial charge in [-0.2, -0.15) is 0 Å². The fourth-order valence-electron chi connectivity index (χ4n) is 1.61. The van der Waals surface area contributed by atoms with Crippen LogP contribution in [0.15, 0.2) is 28.7 Å². The maximum Gasteiger partial charge on any atom is 0.0983 e. The van der Waals surface area contributed by atoms with E-state index in [0.29, 0.717) is 0 Å². The van der Waals surface area contributed by atoms with Crippen molar-refractivity contribution in [3.63, 3.8) is 0 Å². The van der Waals surface area contributed by atoms with E-state index in [1.165, 1.54) is 0 Å². The van der Waals surface area contributed by atoms with E-state index < -0.39 is 6.10 Å². The van der Waals surface area contributed by atoms with Gasteiger partial charge in [-0.05, 0) is 35.8 Å². The third-order valence-electron chi connectivity index (χ3n) is 2.17. The SMILES string of the molecule is CC1=CC(O)c2cccc(Br)c21. The maximum absolute atomic E-state index is 9.58. The van der Waals surface area contributed by atoms with E-state index in [0.717, 1.165) is 21.2 Å². The van der Waals surface area contributed by atoms with E-state index in [4.69, 9.17) is 0 Å². The number of rotatable bonds is 0. The number of benzene rings is 1. The summed E-state index contributed by atoms with van der Waals surface area (Å²) in [6.45, 7) is 2.01. The lowest BCUT2D eigenvalue weighted by molar-refractivity contribution is 0.232. The largest absolute Gasteiger partial charge is 0.384 e. The predicted octanol–water partition coefficient (Wildman–Crippen LogP) is 2.90. The molecule has 1 nitrogen and oxygen atoms in total. The molecule has 1 N–H and O–H groups in total. The van der Waals surface area contributed by atoms with Gasteiger partial charge in [-0.3, -0.25) is 0 Å². The summed E-state index contributed by atoms with van der Waals surface area (Å²) < 4.78 is 1.06. The first-order valence-electron chi connectivity index (χ1n) is 3.85. The highest BCUT2D eigenvalue weighted by Crippen LogP contribution is 2.38. The second kappa shape index (κ2) is 2.71. The topological polar surface area (TPSA) is 20.2 Å². The van der Waals surface area contributed by atoms with Crippen LogP contribution in [0.25, 0.3) is 5.57 Å². The standard InChI is InChI=1S/C10H9BrO/c1-6-5-9(12)7-3-2-4-8(11)10(6)7/h2-5,9,12H,1H3. The van der Waals surface area contributed by atoms with Gasteiger partial charge in [-0.1, -0.05) is 28.1 Å². The van der Waals surface area contributed by atoms with Crippen molar-refractivity contribution < 1.29 is 5.11 Å². The molecule has 0 amide bonds. The molecule has 1 aromatic carbocycles. The molecule has 0 aromatic heterocycles. The molecular weight excluding hydrogens is 216 g/mol. The van der Waals surface area contributed by atoms with Gasteiger partial charge in [0, 0.05) is 4.47 Å². The van der Waals surface area contributed by atoms with Gasteiger partial charge >= 0.3 is 0 Å². The van der Waals surface area contributed by atoms with Crippen LogP contribution >= 0.6 is 15.9 Å². The lowest BCUT2D eigenvalue weighted by Gasteiger charge is -2.05. The molecule has 1 aromatic rings. The summed E-state index contributed by atoms with van der Waals surface area (Å²) in [6, 6.07) is 5.89. The summed E-state index contributed by atoms with van der Waals surface area (Å²) in [5.74, 6) is 0. The average molecular weight is 225 g/mol. The van der Waals surface area contributed by atoms with E-state index in [2.05, 4.69) is 15.9 Å². The highest BCUT2D eigenvalue weighted by Gasteiger charge is 2.20. The quantitative estimate of drug-likeness (QED) is 0.719. The molecule has 1 atom stereocenters. The van der Waals surface area contributed by atoms with Gasteiger partial charge in [0.1, 0.15) is 0 Å². The molecule has 0 fully saturated rings. The van der Waals surface area contributed by atoms with Crippen LogP contribution in [0.3, 0.4) is 0 Å². The van der Waals surface area contributed by atoms with Crippen LogP contribution in [-0.2, 0) is 0 Å². The second-order valence-corrected chi connectivity index (χ2v) is 3.85. The number of allylic oxidation sites excluding steroid dienone is 1. The summed E-state index contributed by atoms with van der Waals surface area (Å²) in [5.41, 5.74) is 3.29. The lowest BCUT2D eigenvalue weighted by atomic mass is 10.1. The van der Waals surface area contributed by atoms with Crippen LogP contribution in [0.2, 0.25) is 0 Å². The van der Waals surface area contributed by atoms with Crippen molar-refractivity contribution in [1.29, 1.82) is 0 Å². The van der Waals surface area contributed by atoms with Crippen molar-refractivity contribution in [2.45, 2.75) is 13.0 Å². The fourth-order valence-corrected chi connectivity index (χ4v) is 2.31. The van der Waals surface area contributed by atoms with Gasteiger partial charge in [0.25, 0.3) is 0 Å². The minimum atomic E-state index is -0.419. The molecule has 2 heteroatoms. The Bertz CT molecular complexity index is 355. The van der Waals surface area contributed by atoms with E-state index in [1.807, 2.05) is 31.2 Å². The van der Waals surface area contributed by atoms with Gasteiger partial charge < -0.3 is 5.11 Å². The Kier molecular flexibility index (Phi) is 1.81. The highest BCUT2D eigenvalue weighted by atomic mass is 79.9. The maximum atomic E-state index is 9.58. The number of halogens is 1. The molecule has 2 rings (SSSR count). The van der Waals surface area contributed by atoms with E-state index in [9.17, 15) is 5.11 Å². The van der Waals surface area contributed by atoms with Crippen LogP contribution < -0.4 is 0 Å². The third-order valence-corrected chi connectivity index (χ3v) is 2.83. The molecule has 0 spiro atoms. The first kappa shape index (κ1) is 8.02. The third kappa shape index (κ3) is 1.03. The minimum absolute atomic E-state index is 0.419. The minimum Gasteiger partial charge on any atom is -0.384 e. The van der Waals surface area contributed by atoms with Gasteiger partial charge in [-0.15, -0.1) is 0 Å². The van der Waals surface area contributed by atoms with Crippen LogP contribution in [0.4, 0.5) is 0 Å². The number of aliphatic hydroxyl groups excluding tert-OH is 1. The van der Waals surface area contributed by atoms with Gasteiger partial charge in [0.15, 0.2) is 0 Å². The fraction of sp³-hybridized carbons (Fsp3) is 0.200. The van der Waals surface area contributed by atoms with Crippen molar-refractivity contribution >= 4 is 21.5 Å². The predicted molar refractivity (Wildman–Crippen MR) is 52.8 cm³/mol. The Labute approximate surface area is 79.9 Å². The Hall–Kier alpha value is -0.600. The first-order chi connectivity index (χ1) is 5.70. The number of fused-ring (bicyclic) bond motifs is 1. The van der Waals surface area contributed by atoms with Crippen molar-refractivity contribution in [1.82, 2.24) is 0 Å². The van der Waals surface area contributed by atoms with Gasteiger partial charge in [-0.25, -0.2) is 0 Å². The van der Waals surface area contributed by atoms with Crippen LogP contribution in [0.5, 0.6) is 0 Å². The molecule has 62 valence electrons. The Morgan fingerprint density at radius 3 is 2.83 bits per heavy atom. The summed E-state index contributed by atoms with van der Waals surface area (Å²) >= 11 is 3.46. The second-order valence-electron chi connectivity index (χ2n) is 3.00. The molecule has 0 saturated heterocycles. The molecule has 0 radical (unpaired) electrons. The van der Waals surface area contributed by atoms with Gasteiger partial charge in [0.2, 0.25) is 0 Å². The molecule has 1 unspecified atom stereocenters. The van der Waals surface area contributed by atoms with E-state index in [1.54, 1.807) is 0 Å². The number of aliphatic hydroxyl groups is 1. The van der Waals surface area contributed by atoms with Crippen LogP contribution in [0.1, 0.15) is 24.2 Å². The molecule has 1 aliphatic carbocycles. The highest BCUT2D eigenvalue weighted by molar-refractivity contribution is 9.10.